The molecule has 0 amide bonds. The molecule has 17 heavy (non-hydrogen) atoms. The van der Waals surface area contributed by atoms with Crippen molar-refractivity contribution in [1.82, 2.24) is 0 Å². The van der Waals surface area contributed by atoms with Gasteiger partial charge in [0.2, 0.25) is 0 Å². The van der Waals surface area contributed by atoms with Gasteiger partial charge in [0.15, 0.2) is 0 Å². The molecule has 1 aromatic rings. The van der Waals surface area contributed by atoms with Crippen LogP contribution in [0.5, 0.6) is 0 Å². The van der Waals surface area contributed by atoms with Crippen LogP contribution in [0.2, 0.25) is 0 Å². The Morgan fingerprint density at radius 1 is 0.941 bits per heavy atom. The zero-order valence-electron chi connectivity index (χ0n) is 8.62. The second kappa shape index (κ2) is 7.97. The zero-order chi connectivity index (χ0) is 9.97. The average molecular weight is 272 g/mol. The summed E-state index contributed by atoms with van der Waals surface area (Å²) in [5.41, 5.74) is 0.661. The molecular formula is C10H8O6Ti. The molecule has 0 spiro atoms. The Morgan fingerprint density at radius 3 is 1.88 bits per heavy atom. The summed E-state index contributed by atoms with van der Waals surface area (Å²) in [6, 6.07) is 8.86. The molecule has 1 fully saturated rings. The fourth-order valence-electron chi connectivity index (χ4n) is 1.21. The molecule has 0 N–H and O–H groups in total. The number of rotatable bonds is 1. The van der Waals surface area contributed by atoms with Crippen molar-refractivity contribution < 1.29 is 51.7 Å². The maximum absolute atomic E-state index is 10.9. The van der Waals surface area contributed by atoms with Crippen LogP contribution < -0.4 is 0 Å². The van der Waals surface area contributed by atoms with Crippen LogP contribution in [0.4, 0.5) is 0 Å². The van der Waals surface area contributed by atoms with Crippen molar-refractivity contribution >= 4 is 11.9 Å². The Balaban J connectivity index is 0. The molecule has 0 bridgehead atoms. The molecule has 1 saturated heterocycles. The van der Waals surface area contributed by atoms with Crippen molar-refractivity contribution in [2.45, 2.75) is 12.7 Å². The number of benzene rings is 1. The summed E-state index contributed by atoms with van der Waals surface area (Å²) in [5.74, 6) is -1.09. The summed E-state index contributed by atoms with van der Waals surface area (Å²) >= 11 is 0. The van der Waals surface area contributed by atoms with Crippen molar-refractivity contribution in [1.29, 1.82) is 0 Å². The molecule has 1 aliphatic rings. The van der Waals surface area contributed by atoms with Crippen molar-refractivity contribution in [3.8, 4) is 0 Å². The van der Waals surface area contributed by atoms with Crippen LogP contribution >= 0.6 is 0 Å². The number of carbonyl (C=O) groups excluding carboxylic acids is 2. The van der Waals surface area contributed by atoms with E-state index in [4.69, 9.17) is 9.47 Å². The SMILES string of the molecule is O=C1CC(=O)OC(c2ccccc2)O1.[O-2].[O-2].[Ti+4]. The minimum Gasteiger partial charge on any atom is -2.00 e. The predicted octanol–water partition coefficient (Wildman–Crippen LogP) is 0.935. The van der Waals surface area contributed by atoms with E-state index in [0.717, 1.165) is 0 Å². The molecule has 2 rings (SSSR count). The Bertz CT molecular complexity index is 350. The largest absolute Gasteiger partial charge is 4.00 e. The Labute approximate surface area is 112 Å². The van der Waals surface area contributed by atoms with Crippen LogP contribution in [-0.4, -0.2) is 11.9 Å². The molecule has 0 aromatic heterocycles. The third kappa shape index (κ3) is 4.66. The number of carbonyl (C=O) groups is 2. The van der Waals surface area contributed by atoms with Gasteiger partial charge in [0.05, 0.1) is 0 Å². The van der Waals surface area contributed by atoms with Crippen LogP contribution in [0, 0.1) is 0 Å². The second-order valence-electron chi connectivity index (χ2n) is 2.90. The molecule has 0 atom stereocenters. The minimum atomic E-state index is -0.884. The molecule has 7 heteroatoms. The standard InChI is InChI=1S/C10H8O4.2O.Ti/c11-8-6-9(12)14-10(13-8)7-4-2-1-3-5-7;;;/h1-5,10H,6H2;;;/q;2*-2;+4. The van der Waals surface area contributed by atoms with E-state index >= 15 is 0 Å². The third-order valence-corrected chi connectivity index (χ3v) is 1.84. The molecule has 0 radical (unpaired) electrons. The number of hydrogen-bond donors (Lipinski definition) is 0. The molecule has 1 aliphatic heterocycles. The second-order valence-corrected chi connectivity index (χ2v) is 2.90. The van der Waals surface area contributed by atoms with Crippen LogP contribution in [0.3, 0.4) is 0 Å². The topological polar surface area (TPSA) is 110 Å². The normalized spacial score (nSPS) is 14.4. The van der Waals surface area contributed by atoms with Gasteiger partial charge in [-0.05, 0) is 0 Å². The molecule has 0 saturated carbocycles. The minimum absolute atomic E-state index is 0. The average Bonchev–Trinajstić information content (AvgIpc) is 2.18. The van der Waals surface area contributed by atoms with E-state index in [-0.39, 0.29) is 39.1 Å². The zero-order valence-corrected chi connectivity index (χ0v) is 10.2. The van der Waals surface area contributed by atoms with E-state index in [0.29, 0.717) is 5.56 Å². The van der Waals surface area contributed by atoms with Gasteiger partial charge in [-0.3, -0.25) is 9.59 Å². The Morgan fingerprint density at radius 2 is 1.41 bits per heavy atom. The first-order chi connectivity index (χ1) is 6.75. The summed E-state index contributed by atoms with van der Waals surface area (Å²) < 4.78 is 9.72. The number of cyclic esters (lactones) is 2. The maximum atomic E-state index is 10.9. The number of ether oxygens (including phenoxy) is 2. The van der Waals surface area contributed by atoms with Gasteiger partial charge >= 0.3 is 33.7 Å². The van der Waals surface area contributed by atoms with Gasteiger partial charge in [-0.25, -0.2) is 0 Å². The molecule has 6 nitrogen and oxygen atoms in total. The number of hydrogen-bond acceptors (Lipinski definition) is 4. The molecule has 1 heterocycles. The summed E-state index contributed by atoms with van der Waals surface area (Å²) in [6.07, 6.45) is -1.19. The fourth-order valence-corrected chi connectivity index (χ4v) is 1.21. The Hall–Kier alpha value is -1.21. The van der Waals surface area contributed by atoms with Crippen molar-refractivity contribution in [2.24, 2.45) is 0 Å². The molecule has 88 valence electrons. The molecule has 1 aromatic carbocycles. The molecule has 0 aliphatic carbocycles. The summed E-state index contributed by atoms with van der Waals surface area (Å²) in [4.78, 5) is 21.9. The van der Waals surface area contributed by atoms with Gasteiger partial charge in [-0.2, -0.15) is 0 Å². The summed E-state index contributed by atoms with van der Waals surface area (Å²) in [6.45, 7) is 0. The monoisotopic (exact) mass is 272 g/mol. The van der Waals surface area contributed by atoms with Gasteiger partial charge in [-0.15, -0.1) is 0 Å². The van der Waals surface area contributed by atoms with Gasteiger partial charge in [0, 0.05) is 5.56 Å². The third-order valence-electron chi connectivity index (χ3n) is 1.84. The van der Waals surface area contributed by atoms with Crippen molar-refractivity contribution in [2.75, 3.05) is 0 Å². The van der Waals surface area contributed by atoms with E-state index in [1.165, 1.54) is 0 Å². The van der Waals surface area contributed by atoms with Gasteiger partial charge in [0.25, 0.3) is 6.29 Å². The smallest absolute Gasteiger partial charge is 2.00 e. The van der Waals surface area contributed by atoms with E-state index in [1.807, 2.05) is 6.07 Å². The summed E-state index contributed by atoms with van der Waals surface area (Å²) in [5, 5.41) is 0. The first-order valence-corrected chi connectivity index (χ1v) is 4.19. The van der Waals surface area contributed by atoms with E-state index in [9.17, 15) is 9.59 Å². The van der Waals surface area contributed by atoms with Crippen molar-refractivity contribution in [3.05, 3.63) is 35.9 Å². The van der Waals surface area contributed by atoms with E-state index < -0.39 is 18.2 Å². The summed E-state index contributed by atoms with van der Waals surface area (Å²) in [7, 11) is 0. The Kier molecular flexibility index (Phi) is 8.52. The first kappa shape index (κ1) is 18.2. The van der Waals surface area contributed by atoms with Gasteiger partial charge in [0.1, 0.15) is 6.42 Å². The van der Waals surface area contributed by atoms with Crippen LogP contribution in [0.15, 0.2) is 30.3 Å². The molecular weight excluding hydrogens is 264 g/mol. The fraction of sp³-hybridized carbons (Fsp3) is 0.200. The van der Waals surface area contributed by atoms with E-state index in [1.54, 1.807) is 24.3 Å². The van der Waals surface area contributed by atoms with Crippen LogP contribution in [0.25, 0.3) is 0 Å². The first-order valence-electron chi connectivity index (χ1n) is 4.19. The maximum Gasteiger partial charge on any atom is 4.00 e. The predicted molar refractivity (Wildman–Crippen MR) is 47.4 cm³/mol. The van der Waals surface area contributed by atoms with Crippen molar-refractivity contribution in [3.63, 3.8) is 0 Å². The number of esters is 2. The van der Waals surface area contributed by atoms with Gasteiger partial charge in [-0.1, -0.05) is 30.3 Å². The van der Waals surface area contributed by atoms with E-state index in [2.05, 4.69) is 0 Å². The quantitative estimate of drug-likeness (QED) is 0.430. The van der Waals surface area contributed by atoms with Gasteiger partial charge < -0.3 is 20.4 Å². The van der Waals surface area contributed by atoms with Crippen LogP contribution in [0.1, 0.15) is 18.3 Å². The van der Waals surface area contributed by atoms with Crippen LogP contribution in [-0.2, 0) is 51.7 Å². The molecule has 0 unspecified atom stereocenters.